The first kappa shape index (κ1) is 18.1. The van der Waals surface area contributed by atoms with E-state index >= 15 is 0 Å². The summed E-state index contributed by atoms with van der Waals surface area (Å²) in [5.41, 5.74) is 2.06. The van der Waals surface area contributed by atoms with E-state index < -0.39 is 16.1 Å². The van der Waals surface area contributed by atoms with Crippen molar-refractivity contribution < 1.29 is 17.7 Å². The van der Waals surface area contributed by atoms with Crippen LogP contribution in [0.2, 0.25) is 0 Å². The Hall–Kier alpha value is -2.68. The Kier molecular flexibility index (Phi) is 4.57. The van der Waals surface area contributed by atoms with E-state index in [0.29, 0.717) is 17.9 Å². The predicted octanol–water partition coefficient (Wildman–Crippen LogP) is 1.38. The molecule has 1 aliphatic heterocycles. The molecule has 1 N–H and O–H groups in total. The molecular weight excluding hydrogens is 356 g/mol. The van der Waals surface area contributed by atoms with E-state index in [2.05, 4.69) is 14.9 Å². The number of aliphatic imine (C=N–C) groups is 1. The number of rotatable bonds is 4. The molecule has 1 aliphatic rings. The molecule has 0 unspecified atom stereocenters. The van der Waals surface area contributed by atoms with Gasteiger partial charge in [-0.2, -0.15) is 0 Å². The molecule has 8 nitrogen and oxygen atoms in total. The highest BCUT2D eigenvalue weighted by molar-refractivity contribution is 7.90. The van der Waals surface area contributed by atoms with Crippen LogP contribution in [-0.2, 0) is 21.4 Å². The van der Waals surface area contributed by atoms with Crippen LogP contribution in [0.1, 0.15) is 29.5 Å². The standard InChI is InChI=1S/C17H20N4O4S/c1-10-14(12(3)25-19-10)9-21(4)17(22)11(2)18-16-13-7-5-6-8-15(13)26(23,24)20-16/h5-8,11H,9H2,1-4H3,(H,18,20)/t11-/m0/s1. The van der Waals surface area contributed by atoms with Crippen molar-refractivity contribution >= 4 is 21.8 Å². The van der Waals surface area contributed by atoms with Crippen molar-refractivity contribution in [3.8, 4) is 0 Å². The highest BCUT2D eigenvalue weighted by atomic mass is 32.2. The number of hydrogen-bond donors (Lipinski definition) is 1. The number of carbonyl (C=O) groups excluding carboxylic acids is 1. The average Bonchev–Trinajstić information content (AvgIpc) is 3.05. The Labute approximate surface area is 151 Å². The third-order valence-corrected chi connectivity index (χ3v) is 5.69. The minimum absolute atomic E-state index is 0.169. The molecule has 1 amide bonds. The number of amides is 1. The molecule has 1 atom stereocenters. The average molecular weight is 376 g/mol. The number of amidine groups is 1. The number of benzene rings is 1. The minimum Gasteiger partial charge on any atom is -0.361 e. The van der Waals surface area contributed by atoms with Gasteiger partial charge in [-0.1, -0.05) is 17.3 Å². The zero-order chi connectivity index (χ0) is 19.1. The molecule has 2 aromatic rings. The van der Waals surface area contributed by atoms with Crippen LogP contribution in [-0.4, -0.2) is 43.3 Å². The molecule has 0 saturated carbocycles. The molecule has 1 aromatic carbocycles. The first-order valence-corrected chi connectivity index (χ1v) is 9.55. The Morgan fingerprint density at radius 1 is 1.35 bits per heavy atom. The van der Waals surface area contributed by atoms with Crippen molar-refractivity contribution in [1.82, 2.24) is 14.8 Å². The lowest BCUT2D eigenvalue weighted by atomic mass is 10.2. The van der Waals surface area contributed by atoms with Gasteiger partial charge in [0.25, 0.3) is 10.0 Å². The van der Waals surface area contributed by atoms with Gasteiger partial charge in [0.2, 0.25) is 5.91 Å². The first-order chi connectivity index (χ1) is 12.2. The zero-order valence-electron chi connectivity index (χ0n) is 15.0. The number of nitrogens with one attached hydrogen (secondary N) is 1. The number of fused-ring (bicyclic) bond motifs is 1. The van der Waals surface area contributed by atoms with E-state index in [9.17, 15) is 13.2 Å². The molecule has 138 valence electrons. The van der Waals surface area contributed by atoms with Gasteiger partial charge < -0.3 is 9.42 Å². The van der Waals surface area contributed by atoms with E-state index in [-0.39, 0.29) is 16.6 Å². The van der Waals surface area contributed by atoms with Gasteiger partial charge in [0, 0.05) is 18.2 Å². The maximum Gasteiger partial charge on any atom is 0.263 e. The van der Waals surface area contributed by atoms with Crippen LogP contribution in [0.3, 0.4) is 0 Å². The van der Waals surface area contributed by atoms with Crippen LogP contribution >= 0.6 is 0 Å². The normalized spacial score (nSPS) is 17.6. The quantitative estimate of drug-likeness (QED) is 0.868. The van der Waals surface area contributed by atoms with E-state index in [4.69, 9.17) is 4.52 Å². The number of aryl methyl sites for hydroxylation is 2. The maximum atomic E-state index is 12.6. The van der Waals surface area contributed by atoms with E-state index in [1.54, 1.807) is 39.1 Å². The molecule has 2 heterocycles. The van der Waals surface area contributed by atoms with E-state index in [1.165, 1.54) is 11.0 Å². The highest BCUT2D eigenvalue weighted by Crippen LogP contribution is 2.23. The van der Waals surface area contributed by atoms with Crippen LogP contribution in [0.25, 0.3) is 0 Å². The molecule has 0 radical (unpaired) electrons. The van der Waals surface area contributed by atoms with Gasteiger partial charge in [-0.3, -0.25) is 14.5 Å². The van der Waals surface area contributed by atoms with Crippen molar-refractivity contribution in [3.63, 3.8) is 0 Å². The van der Waals surface area contributed by atoms with Crippen molar-refractivity contribution in [1.29, 1.82) is 0 Å². The van der Waals surface area contributed by atoms with Crippen LogP contribution in [0.15, 0.2) is 38.7 Å². The number of nitrogens with zero attached hydrogens (tertiary/aromatic N) is 3. The Morgan fingerprint density at radius 2 is 2.04 bits per heavy atom. The van der Waals surface area contributed by atoms with Crippen molar-refractivity contribution in [2.75, 3.05) is 7.05 Å². The van der Waals surface area contributed by atoms with Crippen molar-refractivity contribution in [3.05, 3.63) is 46.8 Å². The largest absolute Gasteiger partial charge is 0.361 e. The highest BCUT2D eigenvalue weighted by Gasteiger charge is 2.31. The van der Waals surface area contributed by atoms with Gasteiger partial charge in [-0.25, -0.2) is 8.42 Å². The molecule has 3 rings (SSSR count). The Balaban J connectivity index is 1.81. The predicted molar refractivity (Wildman–Crippen MR) is 95.2 cm³/mol. The molecule has 0 fully saturated rings. The van der Waals surface area contributed by atoms with Gasteiger partial charge in [-0.05, 0) is 32.9 Å². The topological polar surface area (TPSA) is 105 Å². The second kappa shape index (κ2) is 6.56. The number of hydrogen-bond acceptors (Lipinski definition) is 6. The van der Waals surface area contributed by atoms with Crippen LogP contribution in [0.4, 0.5) is 0 Å². The number of sulfonamides is 1. The van der Waals surface area contributed by atoms with Crippen LogP contribution < -0.4 is 4.72 Å². The zero-order valence-corrected chi connectivity index (χ0v) is 15.8. The number of aromatic nitrogens is 1. The molecule has 0 aliphatic carbocycles. The number of carbonyl (C=O) groups is 1. The molecule has 26 heavy (non-hydrogen) atoms. The van der Waals surface area contributed by atoms with Gasteiger partial charge in [0.05, 0.1) is 17.1 Å². The monoisotopic (exact) mass is 376 g/mol. The third-order valence-electron chi connectivity index (χ3n) is 4.30. The summed E-state index contributed by atoms with van der Waals surface area (Å²) >= 11 is 0. The van der Waals surface area contributed by atoms with E-state index in [1.807, 2.05) is 6.92 Å². The smallest absolute Gasteiger partial charge is 0.263 e. The summed E-state index contributed by atoms with van der Waals surface area (Å²) in [6.07, 6.45) is 0. The molecule has 0 spiro atoms. The third kappa shape index (κ3) is 3.22. The number of likely N-dealkylation sites (N-methyl/N-ethyl adjacent to an activating group) is 1. The summed E-state index contributed by atoms with van der Waals surface area (Å²) in [4.78, 5) is 18.6. The summed E-state index contributed by atoms with van der Waals surface area (Å²) < 4.78 is 31.8. The maximum absolute atomic E-state index is 12.6. The summed E-state index contributed by atoms with van der Waals surface area (Å²) in [6, 6.07) is 5.80. The van der Waals surface area contributed by atoms with Crippen LogP contribution in [0, 0.1) is 13.8 Å². The second-order valence-corrected chi connectivity index (χ2v) is 7.90. The molecule has 0 saturated heterocycles. The molecular formula is C17H20N4O4S. The fourth-order valence-corrected chi connectivity index (χ4v) is 4.08. The SMILES string of the molecule is Cc1noc(C)c1CN(C)C(=O)[C@H](C)N=C1NS(=O)(=O)c2ccccc21. The first-order valence-electron chi connectivity index (χ1n) is 8.07. The van der Waals surface area contributed by atoms with Gasteiger partial charge in [-0.15, -0.1) is 0 Å². The lowest BCUT2D eigenvalue weighted by Gasteiger charge is -2.19. The van der Waals surface area contributed by atoms with Gasteiger partial charge in [0.1, 0.15) is 17.6 Å². The summed E-state index contributed by atoms with van der Waals surface area (Å²) in [5, 5.41) is 3.88. The fraction of sp³-hybridized carbons (Fsp3) is 0.353. The molecule has 1 aromatic heterocycles. The van der Waals surface area contributed by atoms with Gasteiger partial charge in [0.15, 0.2) is 0 Å². The van der Waals surface area contributed by atoms with E-state index in [0.717, 1.165) is 11.3 Å². The van der Waals surface area contributed by atoms with Gasteiger partial charge >= 0.3 is 0 Å². The second-order valence-electron chi connectivity index (χ2n) is 6.25. The lowest BCUT2D eigenvalue weighted by molar-refractivity contribution is -0.131. The summed E-state index contributed by atoms with van der Waals surface area (Å²) in [6.45, 7) is 5.59. The Bertz CT molecular complexity index is 974. The fourth-order valence-electron chi connectivity index (χ4n) is 2.84. The Morgan fingerprint density at radius 3 is 2.69 bits per heavy atom. The summed E-state index contributed by atoms with van der Waals surface area (Å²) in [5.74, 6) is 0.617. The summed E-state index contributed by atoms with van der Waals surface area (Å²) in [7, 11) is -1.96. The molecule has 0 bridgehead atoms. The minimum atomic E-state index is -3.62. The van der Waals surface area contributed by atoms with Crippen LogP contribution in [0.5, 0.6) is 0 Å². The molecule has 9 heteroatoms. The van der Waals surface area contributed by atoms with Crippen molar-refractivity contribution in [2.45, 2.75) is 38.3 Å². The van der Waals surface area contributed by atoms with Crippen molar-refractivity contribution in [2.24, 2.45) is 4.99 Å². The lowest BCUT2D eigenvalue weighted by Crippen LogP contribution is -2.35.